The first-order chi connectivity index (χ1) is 11.2. The third-order valence-electron chi connectivity index (χ3n) is 3.60. The average molecular weight is 373 g/mol. The van der Waals surface area contributed by atoms with E-state index >= 15 is 0 Å². The third kappa shape index (κ3) is 3.19. The summed E-state index contributed by atoms with van der Waals surface area (Å²) in [6.45, 7) is 0.753. The lowest BCUT2D eigenvalue weighted by atomic mass is 10.2. The number of rotatable bonds is 3. The van der Waals surface area contributed by atoms with Gasteiger partial charge in [-0.1, -0.05) is 0 Å². The molecule has 1 atom stereocenters. The van der Waals surface area contributed by atoms with Crippen LogP contribution in [0.5, 0.6) is 0 Å². The van der Waals surface area contributed by atoms with Gasteiger partial charge in [-0.05, 0) is 53.4 Å². The molecule has 0 amide bonds. The number of anilines is 1. The van der Waals surface area contributed by atoms with Crippen molar-refractivity contribution in [1.29, 1.82) is 10.5 Å². The minimum Gasteiger partial charge on any atom is -0.356 e. The van der Waals surface area contributed by atoms with Gasteiger partial charge in [0.05, 0.1) is 11.2 Å². The lowest BCUT2D eigenvalue weighted by Crippen LogP contribution is -2.19. The molecule has 1 saturated heterocycles. The molecule has 7 nitrogen and oxygen atoms in total. The Morgan fingerprint density at radius 1 is 1.39 bits per heavy atom. The Hall–Kier alpha value is -2.42. The topological polar surface area (TPSA) is 99.0 Å². The summed E-state index contributed by atoms with van der Waals surface area (Å²) in [6, 6.07) is 9.01. The molecular weight excluding hydrogens is 360 g/mol. The number of hydrazone groups is 1. The van der Waals surface area contributed by atoms with Crippen molar-refractivity contribution in [2.45, 2.75) is 25.5 Å². The molecule has 3 rings (SSSR count). The largest absolute Gasteiger partial charge is 0.356 e. The maximum atomic E-state index is 8.69. The van der Waals surface area contributed by atoms with Gasteiger partial charge in [0.2, 0.25) is 5.71 Å². The van der Waals surface area contributed by atoms with Gasteiger partial charge in [-0.15, -0.1) is 0 Å². The Bertz CT molecular complexity index is 822. The van der Waals surface area contributed by atoms with Crippen LogP contribution in [0.4, 0.5) is 5.69 Å². The molecule has 0 spiro atoms. The highest BCUT2D eigenvalue weighted by Gasteiger charge is 2.20. The number of nitrogens with zero attached hydrogens (tertiary/aromatic N) is 5. The Kier molecular flexibility index (Phi) is 4.56. The number of nitrogens with one attached hydrogen (secondary N) is 1. The molecule has 1 aromatic heterocycles. The second-order valence-corrected chi connectivity index (χ2v) is 5.84. The molecule has 116 valence electrons. The molecule has 23 heavy (non-hydrogen) atoms. The van der Waals surface area contributed by atoms with E-state index < -0.39 is 0 Å². The van der Waals surface area contributed by atoms with Gasteiger partial charge < -0.3 is 4.74 Å². The van der Waals surface area contributed by atoms with Crippen molar-refractivity contribution >= 4 is 38.2 Å². The fourth-order valence-corrected chi connectivity index (χ4v) is 2.99. The molecule has 2 aromatic rings. The van der Waals surface area contributed by atoms with Gasteiger partial charge in [-0.2, -0.15) is 20.7 Å². The SMILES string of the molecule is N#CC(C#N)=NNc1ccc2c(c1)c(Br)nn2C1CCCCO1. The first kappa shape index (κ1) is 15.5. The summed E-state index contributed by atoms with van der Waals surface area (Å²) in [7, 11) is 0. The fraction of sp³-hybridized carbons (Fsp3) is 0.333. The number of hydrogen-bond donors (Lipinski definition) is 1. The first-order valence-electron chi connectivity index (χ1n) is 7.16. The number of nitriles is 2. The second-order valence-electron chi connectivity index (χ2n) is 5.08. The van der Waals surface area contributed by atoms with E-state index in [1.165, 1.54) is 0 Å². The Balaban J connectivity index is 1.92. The van der Waals surface area contributed by atoms with Crippen molar-refractivity contribution in [3.63, 3.8) is 0 Å². The third-order valence-corrected chi connectivity index (χ3v) is 4.18. The van der Waals surface area contributed by atoms with Crippen molar-refractivity contribution in [3.8, 4) is 12.1 Å². The van der Waals surface area contributed by atoms with Crippen LogP contribution in [-0.2, 0) is 4.74 Å². The second kappa shape index (κ2) is 6.78. The molecule has 1 unspecified atom stereocenters. The van der Waals surface area contributed by atoms with E-state index in [1.807, 2.05) is 22.9 Å². The van der Waals surface area contributed by atoms with Crippen molar-refractivity contribution in [2.24, 2.45) is 5.10 Å². The lowest BCUT2D eigenvalue weighted by molar-refractivity contribution is -0.0368. The molecule has 1 aromatic carbocycles. The number of fused-ring (bicyclic) bond motifs is 1. The standard InChI is InChI=1S/C15H13BrN6O/c16-15-12-7-10(19-20-11(8-17)9-18)4-5-13(12)22(21-15)14-3-1-2-6-23-14/h4-5,7,14,19H,1-3,6H2. The molecule has 0 bridgehead atoms. The van der Waals surface area contributed by atoms with Crippen molar-refractivity contribution < 1.29 is 4.74 Å². The van der Waals surface area contributed by atoms with Gasteiger partial charge in [-0.3, -0.25) is 5.43 Å². The van der Waals surface area contributed by atoms with E-state index in [0.717, 1.165) is 41.4 Å². The molecule has 0 radical (unpaired) electrons. The maximum Gasteiger partial charge on any atom is 0.237 e. The van der Waals surface area contributed by atoms with Crippen molar-refractivity contribution in [3.05, 3.63) is 22.8 Å². The molecule has 0 saturated carbocycles. The fourth-order valence-electron chi connectivity index (χ4n) is 2.50. The zero-order valence-electron chi connectivity index (χ0n) is 12.2. The van der Waals surface area contributed by atoms with Gasteiger partial charge in [0, 0.05) is 12.0 Å². The molecule has 0 aliphatic carbocycles. The normalized spacial score (nSPS) is 17.3. The van der Waals surface area contributed by atoms with Gasteiger partial charge in [0.1, 0.15) is 16.7 Å². The maximum absolute atomic E-state index is 8.69. The van der Waals surface area contributed by atoms with Crippen molar-refractivity contribution in [2.75, 3.05) is 12.0 Å². The minimum atomic E-state index is -0.226. The smallest absolute Gasteiger partial charge is 0.237 e. The van der Waals surface area contributed by atoms with Crippen LogP contribution in [0.3, 0.4) is 0 Å². The predicted molar refractivity (Wildman–Crippen MR) is 88.6 cm³/mol. The van der Waals surface area contributed by atoms with E-state index in [4.69, 9.17) is 15.3 Å². The number of hydrogen-bond acceptors (Lipinski definition) is 6. The number of benzene rings is 1. The van der Waals surface area contributed by atoms with E-state index in [-0.39, 0.29) is 11.9 Å². The summed E-state index contributed by atoms with van der Waals surface area (Å²) in [5.41, 5.74) is 4.11. The number of aromatic nitrogens is 2. The number of ether oxygens (including phenoxy) is 1. The summed E-state index contributed by atoms with van der Waals surface area (Å²) in [4.78, 5) is 0. The Labute approximate surface area is 141 Å². The summed E-state index contributed by atoms with van der Waals surface area (Å²) in [5.74, 6) is 0. The Morgan fingerprint density at radius 3 is 2.91 bits per heavy atom. The molecule has 1 aliphatic rings. The van der Waals surface area contributed by atoms with Crippen LogP contribution in [0.1, 0.15) is 25.5 Å². The molecule has 2 heterocycles. The lowest BCUT2D eigenvalue weighted by Gasteiger charge is -2.23. The van der Waals surface area contributed by atoms with Gasteiger partial charge in [0.15, 0.2) is 6.23 Å². The highest BCUT2D eigenvalue weighted by molar-refractivity contribution is 9.10. The minimum absolute atomic E-state index is 0.0434. The zero-order valence-corrected chi connectivity index (χ0v) is 13.7. The molecule has 1 fully saturated rings. The van der Waals surface area contributed by atoms with E-state index in [0.29, 0.717) is 5.69 Å². The molecule has 1 aliphatic heterocycles. The van der Waals surface area contributed by atoms with Crippen LogP contribution >= 0.6 is 15.9 Å². The average Bonchev–Trinajstić information content (AvgIpc) is 2.93. The summed E-state index contributed by atoms with van der Waals surface area (Å²) in [5, 5.41) is 26.6. The highest BCUT2D eigenvalue weighted by atomic mass is 79.9. The Morgan fingerprint density at radius 2 is 2.22 bits per heavy atom. The first-order valence-corrected chi connectivity index (χ1v) is 7.95. The van der Waals surface area contributed by atoms with Gasteiger partial charge in [0.25, 0.3) is 0 Å². The zero-order chi connectivity index (χ0) is 16.2. The van der Waals surface area contributed by atoms with Crippen LogP contribution in [0.15, 0.2) is 27.9 Å². The van der Waals surface area contributed by atoms with Crippen LogP contribution in [-0.4, -0.2) is 22.1 Å². The molecular formula is C15H13BrN6O. The van der Waals surface area contributed by atoms with Crippen LogP contribution in [0.25, 0.3) is 10.9 Å². The number of halogens is 1. The summed E-state index contributed by atoms with van der Waals surface area (Å²) in [6.07, 6.45) is 3.12. The summed E-state index contributed by atoms with van der Waals surface area (Å²) >= 11 is 3.47. The monoisotopic (exact) mass is 372 g/mol. The predicted octanol–water partition coefficient (Wildman–Crippen LogP) is 3.31. The molecule has 1 N–H and O–H groups in total. The van der Waals surface area contributed by atoms with E-state index in [2.05, 4.69) is 31.6 Å². The van der Waals surface area contributed by atoms with E-state index in [9.17, 15) is 0 Å². The summed E-state index contributed by atoms with van der Waals surface area (Å²) < 4.78 is 8.40. The van der Waals surface area contributed by atoms with Crippen molar-refractivity contribution in [1.82, 2.24) is 9.78 Å². The van der Waals surface area contributed by atoms with Gasteiger partial charge in [-0.25, -0.2) is 4.68 Å². The van der Waals surface area contributed by atoms with Crippen LogP contribution in [0, 0.1) is 22.7 Å². The molecule has 8 heteroatoms. The highest BCUT2D eigenvalue weighted by Crippen LogP contribution is 2.31. The van der Waals surface area contributed by atoms with E-state index in [1.54, 1.807) is 12.1 Å². The van der Waals surface area contributed by atoms with Crippen LogP contribution < -0.4 is 5.43 Å². The quantitative estimate of drug-likeness (QED) is 0.657. The van der Waals surface area contributed by atoms with Crippen LogP contribution in [0.2, 0.25) is 0 Å². The van der Waals surface area contributed by atoms with Gasteiger partial charge >= 0.3 is 0 Å².